The minimum absolute atomic E-state index is 0. The third-order valence-corrected chi connectivity index (χ3v) is 4.64. The number of rotatable bonds is 8. The molecule has 0 bridgehead atoms. The summed E-state index contributed by atoms with van der Waals surface area (Å²) >= 11 is 0. The molecule has 1 aromatic carbocycles. The fourth-order valence-electron chi connectivity index (χ4n) is 3.17. The molecular weight excluding hydrogens is 340 g/mol. The lowest BCUT2D eigenvalue weighted by atomic mass is 9.84. The molecule has 0 spiro atoms. The number of hydrogen-bond donors (Lipinski definition) is 2. The van der Waals surface area contributed by atoms with Crippen molar-refractivity contribution in [2.45, 2.75) is 51.5 Å². The molecule has 1 aromatic rings. The van der Waals surface area contributed by atoms with Gasteiger partial charge in [-0.15, -0.1) is 12.4 Å². The predicted molar refractivity (Wildman–Crippen MR) is 101 cm³/mol. The maximum absolute atomic E-state index is 12.1. The van der Waals surface area contributed by atoms with Crippen LogP contribution in [0.25, 0.3) is 0 Å². The molecule has 1 fully saturated rings. The molecule has 0 aliphatic heterocycles. The van der Waals surface area contributed by atoms with Crippen LogP contribution in [0.1, 0.15) is 55.8 Å². The molecule has 2 unspecified atom stereocenters. The van der Waals surface area contributed by atoms with Crippen molar-refractivity contribution >= 4 is 24.1 Å². The monoisotopic (exact) mass is 368 g/mol. The number of Topliss-reactive ketones (excluding diaryl/α,β-unsaturated/α-hetero) is 1. The second-order valence-corrected chi connectivity index (χ2v) is 6.49. The molecule has 1 aliphatic rings. The van der Waals surface area contributed by atoms with Crippen LogP contribution in [-0.2, 0) is 4.79 Å². The first-order valence-electron chi connectivity index (χ1n) is 8.83. The summed E-state index contributed by atoms with van der Waals surface area (Å²) in [5, 5.41) is 3.13. The second-order valence-electron chi connectivity index (χ2n) is 6.49. The van der Waals surface area contributed by atoms with Gasteiger partial charge in [0.05, 0.1) is 6.61 Å². The average Bonchev–Trinajstić information content (AvgIpc) is 2.59. The highest BCUT2D eigenvalue weighted by Crippen LogP contribution is 2.23. The number of nitrogens with two attached hydrogens (primary N) is 1. The number of ketones is 1. The van der Waals surface area contributed by atoms with Crippen molar-refractivity contribution in [1.29, 1.82) is 0 Å². The summed E-state index contributed by atoms with van der Waals surface area (Å²) in [6, 6.07) is 7.30. The van der Waals surface area contributed by atoms with E-state index >= 15 is 0 Å². The van der Waals surface area contributed by atoms with Crippen LogP contribution in [-0.4, -0.2) is 30.9 Å². The Kier molecular flexibility index (Phi) is 9.53. The Labute approximate surface area is 156 Å². The third kappa shape index (κ3) is 7.04. The van der Waals surface area contributed by atoms with E-state index in [0.717, 1.165) is 18.6 Å². The van der Waals surface area contributed by atoms with E-state index in [2.05, 4.69) is 5.32 Å². The van der Waals surface area contributed by atoms with Crippen molar-refractivity contribution in [2.24, 2.45) is 11.7 Å². The molecule has 3 N–H and O–H groups in total. The lowest BCUT2D eigenvalue weighted by molar-refractivity contribution is -0.122. The smallest absolute Gasteiger partial charge is 0.220 e. The number of halogens is 1. The third-order valence-electron chi connectivity index (χ3n) is 4.64. The van der Waals surface area contributed by atoms with Gasteiger partial charge >= 0.3 is 0 Å². The van der Waals surface area contributed by atoms with Crippen LogP contribution in [0.2, 0.25) is 0 Å². The zero-order valence-electron chi connectivity index (χ0n) is 14.8. The number of hydrogen-bond acceptors (Lipinski definition) is 4. The van der Waals surface area contributed by atoms with Crippen molar-refractivity contribution in [3.63, 3.8) is 0 Å². The van der Waals surface area contributed by atoms with Crippen LogP contribution < -0.4 is 15.8 Å². The van der Waals surface area contributed by atoms with Gasteiger partial charge in [-0.25, -0.2) is 0 Å². The van der Waals surface area contributed by atoms with Gasteiger partial charge in [0.1, 0.15) is 5.75 Å². The largest absolute Gasteiger partial charge is 0.494 e. The fraction of sp³-hybridized carbons (Fsp3) is 0.579. The number of amides is 1. The molecule has 140 valence electrons. The summed E-state index contributed by atoms with van der Waals surface area (Å²) in [6.45, 7) is 2.66. The first-order valence-corrected chi connectivity index (χ1v) is 8.83. The zero-order chi connectivity index (χ0) is 17.4. The van der Waals surface area contributed by atoms with Crippen LogP contribution in [0.15, 0.2) is 24.3 Å². The van der Waals surface area contributed by atoms with Crippen LogP contribution in [0, 0.1) is 5.92 Å². The second kappa shape index (κ2) is 11.1. The van der Waals surface area contributed by atoms with Gasteiger partial charge in [0.15, 0.2) is 5.78 Å². The van der Waals surface area contributed by atoms with Crippen molar-refractivity contribution in [2.75, 3.05) is 13.2 Å². The summed E-state index contributed by atoms with van der Waals surface area (Å²) in [7, 11) is 0. The molecule has 1 aliphatic carbocycles. The summed E-state index contributed by atoms with van der Waals surface area (Å²) in [5.74, 6) is 1.25. The van der Waals surface area contributed by atoms with Crippen molar-refractivity contribution in [3.8, 4) is 5.75 Å². The van der Waals surface area contributed by atoms with Gasteiger partial charge in [0.2, 0.25) is 5.91 Å². The summed E-state index contributed by atoms with van der Waals surface area (Å²) < 4.78 is 5.61. The Bertz CT molecular complexity index is 548. The molecular formula is C19H29ClN2O3. The van der Waals surface area contributed by atoms with Gasteiger partial charge in [-0.2, -0.15) is 0 Å². The predicted octanol–water partition coefficient (Wildman–Crippen LogP) is 3.10. The zero-order valence-corrected chi connectivity index (χ0v) is 15.6. The number of carbonyl (C=O) groups is 2. The Morgan fingerprint density at radius 1 is 1.20 bits per heavy atom. The van der Waals surface area contributed by atoms with Gasteiger partial charge < -0.3 is 15.8 Å². The molecule has 5 nitrogen and oxygen atoms in total. The SMILES string of the molecule is CC(=O)c1ccc(OCCCC(=O)NC2CCCCC2CN)cc1.Cl. The molecule has 2 rings (SSSR count). The van der Waals surface area contributed by atoms with E-state index < -0.39 is 0 Å². The maximum atomic E-state index is 12.1. The van der Waals surface area contributed by atoms with Crippen molar-refractivity contribution < 1.29 is 14.3 Å². The molecule has 1 amide bonds. The van der Waals surface area contributed by atoms with E-state index in [9.17, 15) is 9.59 Å². The molecule has 1 saturated carbocycles. The molecule has 25 heavy (non-hydrogen) atoms. The van der Waals surface area contributed by atoms with Crippen LogP contribution >= 0.6 is 12.4 Å². The van der Waals surface area contributed by atoms with Crippen LogP contribution in [0.4, 0.5) is 0 Å². The maximum Gasteiger partial charge on any atom is 0.220 e. The van der Waals surface area contributed by atoms with E-state index in [1.54, 1.807) is 24.3 Å². The Hall–Kier alpha value is -1.59. The first kappa shape index (κ1) is 21.5. The highest BCUT2D eigenvalue weighted by Gasteiger charge is 2.24. The number of benzene rings is 1. The van der Waals surface area contributed by atoms with Gasteiger partial charge in [0.25, 0.3) is 0 Å². The summed E-state index contributed by atoms with van der Waals surface area (Å²) in [6.07, 6.45) is 5.65. The van der Waals surface area contributed by atoms with Crippen molar-refractivity contribution in [1.82, 2.24) is 5.32 Å². The van der Waals surface area contributed by atoms with Gasteiger partial charge in [-0.05, 0) is 62.9 Å². The van der Waals surface area contributed by atoms with Gasteiger partial charge in [0, 0.05) is 18.0 Å². The standard InChI is InChI=1S/C19H28N2O3.ClH/c1-14(22)15-8-10-17(11-9-15)24-12-4-7-19(23)21-18-6-3-2-5-16(18)13-20;/h8-11,16,18H,2-7,12-13,20H2,1H3,(H,21,23);1H. The van der Waals surface area contributed by atoms with E-state index in [1.165, 1.54) is 19.8 Å². The highest BCUT2D eigenvalue weighted by molar-refractivity contribution is 5.94. The number of ether oxygens (including phenoxy) is 1. The molecule has 6 heteroatoms. The lowest BCUT2D eigenvalue weighted by Crippen LogP contribution is -2.44. The number of nitrogens with one attached hydrogen (secondary N) is 1. The van der Waals surface area contributed by atoms with E-state index in [4.69, 9.17) is 10.5 Å². The van der Waals surface area contributed by atoms with Gasteiger partial charge in [-0.1, -0.05) is 12.8 Å². The minimum Gasteiger partial charge on any atom is -0.494 e. The fourth-order valence-corrected chi connectivity index (χ4v) is 3.17. The Balaban J connectivity index is 0.00000312. The average molecular weight is 369 g/mol. The van der Waals surface area contributed by atoms with Crippen LogP contribution in [0.3, 0.4) is 0 Å². The molecule has 2 atom stereocenters. The quantitative estimate of drug-likeness (QED) is 0.545. The summed E-state index contributed by atoms with van der Waals surface area (Å²) in [4.78, 5) is 23.3. The molecule has 0 radical (unpaired) electrons. The van der Waals surface area contributed by atoms with Gasteiger partial charge in [-0.3, -0.25) is 9.59 Å². The molecule has 0 saturated heterocycles. The van der Waals surface area contributed by atoms with E-state index in [0.29, 0.717) is 37.5 Å². The molecule has 0 heterocycles. The van der Waals surface area contributed by atoms with Crippen LogP contribution in [0.5, 0.6) is 5.75 Å². The van der Waals surface area contributed by atoms with E-state index in [-0.39, 0.29) is 30.1 Å². The molecule has 0 aromatic heterocycles. The Morgan fingerprint density at radius 3 is 2.52 bits per heavy atom. The normalized spacial score (nSPS) is 19.6. The topological polar surface area (TPSA) is 81.4 Å². The Morgan fingerprint density at radius 2 is 1.88 bits per heavy atom. The first-order chi connectivity index (χ1) is 11.6. The minimum atomic E-state index is 0. The van der Waals surface area contributed by atoms with E-state index in [1.807, 2.05) is 0 Å². The lowest BCUT2D eigenvalue weighted by Gasteiger charge is -2.31. The highest BCUT2D eigenvalue weighted by atomic mass is 35.5. The number of carbonyl (C=O) groups excluding carboxylic acids is 2. The summed E-state index contributed by atoms with van der Waals surface area (Å²) in [5.41, 5.74) is 6.46. The van der Waals surface area contributed by atoms with Crippen molar-refractivity contribution in [3.05, 3.63) is 29.8 Å².